The minimum Gasteiger partial charge on any atom is -0.431 e. The molecule has 3 aromatic rings. The first kappa shape index (κ1) is 40.0. The smallest absolute Gasteiger partial charge is 0.431 e. The Balaban J connectivity index is 1.31. The van der Waals surface area contributed by atoms with E-state index in [4.69, 9.17) is 14.2 Å². The van der Waals surface area contributed by atoms with Crippen molar-refractivity contribution in [1.29, 1.82) is 0 Å². The number of aromatic amines is 1. The second kappa shape index (κ2) is 22.3. The van der Waals surface area contributed by atoms with Crippen molar-refractivity contribution in [3.8, 4) is 0 Å². The summed E-state index contributed by atoms with van der Waals surface area (Å²) in [4.78, 5) is 44.5. The highest BCUT2D eigenvalue weighted by molar-refractivity contribution is 5.70. The van der Waals surface area contributed by atoms with E-state index in [1.807, 2.05) is 30.2 Å². The standard InChI is InChI=1S/C39H61N7O5/c1-5-22-44(23-6-2)24-10-11-25-45(26-18-38(47)49-32(3)50-39(48)51-35-12-8-7-9-13-35)28-33-14-16-34(17-15-33)29-46(30-36-40-19-20-41-36)31-37-42-21-27-43(37)4/h14-17,19-21,27,32,35H,5-13,18,22-26,28-31H2,1-4H3,(H,40,41). The second-order valence-corrected chi connectivity index (χ2v) is 13.8. The van der Waals surface area contributed by atoms with Crippen LogP contribution in [-0.2, 0) is 52.2 Å². The average molecular weight is 708 g/mol. The summed E-state index contributed by atoms with van der Waals surface area (Å²) in [7, 11) is 2.02. The first-order chi connectivity index (χ1) is 24.8. The van der Waals surface area contributed by atoms with E-state index in [0.717, 1.165) is 102 Å². The zero-order chi connectivity index (χ0) is 36.3. The predicted molar refractivity (Wildman–Crippen MR) is 197 cm³/mol. The van der Waals surface area contributed by atoms with Crippen molar-refractivity contribution in [2.24, 2.45) is 7.05 Å². The molecule has 1 N–H and O–H groups in total. The molecule has 0 amide bonds. The molecule has 1 aliphatic carbocycles. The van der Waals surface area contributed by atoms with Gasteiger partial charge in [0.15, 0.2) is 0 Å². The van der Waals surface area contributed by atoms with Crippen LogP contribution in [0.25, 0.3) is 0 Å². The van der Waals surface area contributed by atoms with E-state index in [-0.39, 0.29) is 12.5 Å². The summed E-state index contributed by atoms with van der Waals surface area (Å²) in [5.41, 5.74) is 2.40. The van der Waals surface area contributed by atoms with Gasteiger partial charge in [0.25, 0.3) is 0 Å². The summed E-state index contributed by atoms with van der Waals surface area (Å²) in [5.74, 6) is 1.53. The van der Waals surface area contributed by atoms with Crippen LogP contribution in [-0.4, -0.2) is 91.5 Å². The summed E-state index contributed by atoms with van der Waals surface area (Å²) in [6.45, 7) is 13.7. The maximum absolute atomic E-state index is 12.8. The lowest BCUT2D eigenvalue weighted by molar-refractivity contribution is -0.169. The Morgan fingerprint density at radius 2 is 1.49 bits per heavy atom. The van der Waals surface area contributed by atoms with E-state index in [0.29, 0.717) is 19.6 Å². The number of aryl methyl sites for hydroxylation is 1. The van der Waals surface area contributed by atoms with Gasteiger partial charge in [-0.1, -0.05) is 44.5 Å². The molecular weight excluding hydrogens is 646 g/mol. The van der Waals surface area contributed by atoms with Crippen molar-refractivity contribution in [2.45, 2.75) is 124 Å². The number of imidazole rings is 2. The summed E-state index contributed by atoms with van der Waals surface area (Å²) < 4.78 is 18.1. The van der Waals surface area contributed by atoms with Gasteiger partial charge in [-0.25, -0.2) is 14.8 Å². The Morgan fingerprint density at radius 3 is 2.10 bits per heavy atom. The number of benzene rings is 1. The predicted octanol–water partition coefficient (Wildman–Crippen LogP) is 6.82. The topological polar surface area (TPSA) is 118 Å². The van der Waals surface area contributed by atoms with Gasteiger partial charge in [0.05, 0.1) is 19.5 Å². The normalized spacial score (nSPS) is 14.3. The molecule has 282 valence electrons. The second-order valence-electron chi connectivity index (χ2n) is 13.8. The molecule has 0 spiro atoms. The molecule has 1 fully saturated rings. The lowest BCUT2D eigenvalue weighted by atomic mass is 9.98. The fraction of sp³-hybridized carbons (Fsp3) is 0.641. The third kappa shape index (κ3) is 15.2. The van der Waals surface area contributed by atoms with Gasteiger partial charge in [-0.05, 0) is 88.7 Å². The number of aromatic nitrogens is 4. The third-order valence-corrected chi connectivity index (χ3v) is 9.33. The Labute approximate surface area is 304 Å². The van der Waals surface area contributed by atoms with Crippen molar-refractivity contribution in [2.75, 3.05) is 32.7 Å². The number of unbranched alkanes of at least 4 members (excludes halogenated alkanes) is 1. The SMILES string of the molecule is CCCN(CCC)CCCCN(CCC(=O)OC(C)OC(=O)OC1CCCCC1)Cc1ccc(CN(Cc2ncc[nH]2)Cc2nccn2C)cc1. The molecule has 2 heterocycles. The number of carbonyl (C=O) groups is 2. The van der Waals surface area contributed by atoms with Crippen LogP contribution in [0.3, 0.4) is 0 Å². The van der Waals surface area contributed by atoms with Gasteiger partial charge in [0, 0.05) is 58.4 Å². The molecule has 51 heavy (non-hydrogen) atoms. The Kier molecular flexibility index (Phi) is 17.5. The van der Waals surface area contributed by atoms with E-state index in [9.17, 15) is 9.59 Å². The van der Waals surface area contributed by atoms with Gasteiger partial charge >= 0.3 is 12.1 Å². The van der Waals surface area contributed by atoms with E-state index in [1.54, 1.807) is 13.1 Å². The molecule has 1 atom stereocenters. The number of rotatable bonds is 23. The molecule has 1 aromatic carbocycles. The maximum Gasteiger partial charge on any atom is 0.511 e. The van der Waals surface area contributed by atoms with Gasteiger partial charge in [-0.3, -0.25) is 14.6 Å². The summed E-state index contributed by atoms with van der Waals surface area (Å²) >= 11 is 0. The van der Waals surface area contributed by atoms with Crippen molar-refractivity contribution in [3.63, 3.8) is 0 Å². The molecule has 0 bridgehead atoms. The Hall–Kier alpha value is -3.74. The number of hydrogen-bond donors (Lipinski definition) is 1. The molecule has 4 rings (SSSR count). The molecular formula is C39H61N7O5. The highest BCUT2D eigenvalue weighted by Gasteiger charge is 2.22. The van der Waals surface area contributed by atoms with Crippen LogP contribution in [0.15, 0.2) is 49.1 Å². The van der Waals surface area contributed by atoms with Crippen LogP contribution in [0.5, 0.6) is 0 Å². The number of esters is 1. The van der Waals surface area contributed by atoms with E-state index in [2.05, 4.69) is 67.8 Å². The van der Waals surface area contributed by atoms with Crippen LogP contribution < -0.4 is 0 Å². The molecule has 2 aromatic heterocycles. The van der Waals surface area contributed by atoms with Gasteiger partial charge < -0.3 is 28.7 Å². The van der Waals surface area contributed by atoms with Crippen LogP contribution in [0.4, 0.5) is 4.79 Å². The number of carbonyl (C=O) groups excluding carboxylic acids is 2. The monoisotopic (exact) mass is 707 g/mol. The van der Waals surface area contributed by atoms with Crippen LogP contribution in [0.1, 0.15) is 108 Å². The number of nitrogens with zero attached hydrogens (tertiary/aromatic N) is 6. The first-order valence-corrected chi connectivity index (χ1v) is 19.1. The lowest BCUT2D eigenvalue weighted by Gasteiger charge is -2.25. The number of ether oxygens (including phenoxy) is 3. The number of nitrogens with one attached hydrogen (secondary N) is 1. The molecule has 0 aliphatic heterocycles. The Bertz CT molecular complexity index is 1390. The zero-order valence-corrected chi connectivity index (χ0v) is 31.4. The van der Waals surface area contributed by atoms with Gasteiger partial charge in [-0.2, -0.15) is 0 Å². The summed E-state index contributed by atoms with van der Waals surface area (Å²) in [5, 5.41) is 0. The summed E-state index contributed by atoms with van der Waals surface area (Å²) in [6, 6.07) is 8.75. The van der Waals surface area contributed by atoms with Gasteiger partial charge in [0.2, 0.25) is 6.29 Å². The van der Waals surface area contributed by atoms with Crippen molar-refractivity contribution < 1.29 is 23.8 Å². The largest absolute Gasteiger partial charge is 0.511 e. The molecule has 12 heteroatoms. The minimum atomic E-state index is -0.998. The molecule has 1 aliphatic rings. The van der Waals surface area contributed by atoms with Gasteiger partial charge in [0.1, 0.15) is 17.8 Å². The van der Waals surface area contributed by atoms with Crippen molar-refractivity contribution in [1.82, 2.24) is 34.2 Å². The maximum atomic E-state index is 12.8. The number of H-pyrrole nitrogens is 1. The van der Waals surface area contributed by atoms with Crippen LogP contribution >= 0.6 is 0 Å². The lowest BCUT2D eigenvalue weighted by Crippen LogP contribution is -2.31. The molecule has 0 radical (unpaired) electrons. The van der Waals surface area contributed by atoms with Gasteiger partial charge in [-0.15, -0.1) is 0 Å². The number of hydrogen-bond acceptors (Lipinski definition) is 10. The molecule has 1 saturated carbocycles. The fourth-order valence-electron chi connectivity index (χ4n) is 6.69. The minimum absolute atomic E-state index is 0.111. The van der Waals surface area contributed by atoms with E-state index < -0.39 is 18.4 Å². The third-order valence-electron chi connectivity index (χ3n) is 9.33. The van der Waals surface area contributed by atoms with Crippen molar-refractivity contribution in [3.05, 3.63) is 71.8 Å². The highest BCUT2D eigenvalue weighted by atomic mass is 16.8. The molecule has 0 saturated heterocycles. The molecule has 1 unspecified atom stereocenters. The van der Waals surface area contributed by atoms with E-state index in [1.165, 1.54) is 17.5 Å². The summed E-state index contributed by atoms with van der Waals surface area (Å²) in [6.07, 6.45) is 15.2. The quantitative estimate of drug-likeness (QED) is 0.0640. The average Bonchev–Trinajstić information content (AvgIpc) is 3.78. The Morgan fingerprint density at radius 1 is 0.824 bits per heavy atom. The van der Waals surface area contributed by atoms with Crippen LogP contribution in [0, 0.1) is 0 Å². The fourth-order valence-corrected chi connectivity index (χ4v) is 6.69. The van der Waals surface area contributed by atoms with Crippen LogP contribution in [0.2, 0.25) is 0 Å². The highest BCUT2D eigenvalue weighted by Crippen LogP contribution is 2.21. The first-order valence-electron chi connectivity index (χ1n) is 19.1. The zero-order valence-electron chi connectivity index (χ0n) is 31.4. The molecule has 12 nitrogen and oxygen atoms in total. The van der Waals surface area contributed by atoms with Crippen molar-refractivity contribution >= 4 is 12.1 Å². The van der Waals surface area contributed by atoms with E-state index >= 15 is 0 Å².